The van der Waals surface area contributed by atoms with Gasteiger partial charge in [-0.25, -0.2) is 4.39 Å². The molecule has 1 atom stereocenters. The average Bonchev–Trinajstić information content (AvgIpc) is 2.38. The van der Waals surface area contributed by atoms with E-state index < -0.39 is 0 Å². The third-order valence-electron chi connectivity index (χ3n) is 2.97. The molecule has 0 heterocycles. The first kappa shape index (κ1) is 13.1. The lowest BCUT2D eigenvalue weighted by Crippen LogP contribution is -2.20. The summed E-state index contributed by atoms with van der Waals surface area (Å²) in [5, 5.41) is 3.57. The monoisotopic (exact) mass is 263 g/mol. The lowest BCUT2D eigenvalue weighted by molar-refractivity contribution is 0.534. The van der Waals surface area contributed by atoms with Crippen molar-refractivity contribution in [3.8, 4) is 0 Å². The lowest BCUT2D eigenvalue weighted by Gasteiger charge is -2.17. The Hall–Kier alpha value is -1.38. The predicted molar refractivity (Wildman–Crippen MR) is 73.4 cm³/mol. The van der Waals surface area contributed by atoms with Crippen LogP contribution in [0.15, 0.2) is 48.5 Å². The summed E-state index contributed by atoms with van der Waals surface area (Å²) in [6.45, 7) is 0. The van der Waals surface area contributed by atoms with E-state index in [0.29, 0.717) is 10.6 Å². The van der Waals surface area contributed by atoms with E-state index in [1.165, 1.54) is 11.6 Å². The van der Waals surface area contributed by atoms with Crippen LogP contribution in [0.5, 0.6) is 0 Å². The summed E-state index contributed by atoms with van der Waals surface area (Å²) in [4.78, 5) is 0. The van der Waals surface area contributed by atoms with Crippen molar-refractivity contribution in [1.29, 1.82) is 0 Å². The van der Waals surface area contributed by atoms with Gasteiger partial charge in [-0.1, -0.05) is 48.0 Å². The van der Waals surface area contributed by atoms with Gasteiger partial charge in [-0.2, -0.15) is 0 Å². The molecule has 0 saturated carbocycles. The third-order valence-corrected chi connectivity index (χ3v) is 3.20. The van der Waals surface area contributed by atoms with E-state index in [2.05, 4.69) is 5.32 Å². The Kier molecular flexibility index (Phi) is 4.34. The number of nitrogens with one attached hydrogen (secondary N) is 1. The Morgan fingerprint density at radius 1 is 1.17 bits per heavy atom. The van der Waals surface area contributed by atoms with Crippen molar-refractivity contribution in [2.24, 2.45) is 0 Å². The number of hydrogen-bond donors (Lipinski definition) is 1. The first-order valence-corrected chi connectivity index (χ1v) is 6.24. The van der Waals surface area contributed by atoms with E-state index in [4.69, 9.17) is 11.6 Å². The lowest BCUT2D eigenvalue weighted by atomic mass is 9.98. The third kappa shape index (κ3) is 3.09. The van der Waals surface area contributed by atoms with E-state index in [0.717, 1.165) is 6.42 Å². The Labute approximate surface area is 112 Å². The average molecular weight is 264 g/mol. The van der Waals surface area contributed by atoms with Crippen LogP contribution >= 0.6 is 11.6 Å². The van der Waals surface area contributed by atoms with E-state index in [9.17, 15) is 4.39 Å². The SMILES string of the molecule is CNC(Cc1ccccc1)c1ccc(Cl)cc1F. The maximum absolute atomic E-state index is 13.9. The molecule has 1 nitrogen and oxygen atoms in total. The van der Waals surface area contributed by atoms with Crippen LogP contribution in [0.4, 0.5) is 4.39 Å². The minimum Gasteiger partial charge on any atom is -0.313 e. The molecule has 3 heteroatoms. The molecule has 2 aromatic carbocycles. The van der Waals surface area contributed by atoms with Crippen LogP contribution in [-0.2, 0) is 6.42 Å². The molecule has 1 unspecified atom stereocenters. The van der Waals surface area contributed by atoms with Crippen molar-refractivity contribution in [3.05, 3.63) is 70.5 Å². The zero-order valence-corrected chi connectivity index (χ0v) is 10.9. The van der Waals surface area contributed by atoms with Crippen LogP contribution in [0.2, 0.25) is 5.02 Å². The van der Waals surface area contributed by atoms with Gasteiger partial charge >= 0.3 is 0 Å². The van der Waals surface area contributed by atoms with Crippen LogP contribution in [0.1, 0.15) is 17.2 Å². The summed E-state index contributed by atoms with van der Waals surface area (Å²) in [5.41, 5.74) is 1.82. The van der Waals surface area contributed by atoms with Gasteiger partial charge in [0, 0.05) is 16.6 Å². The molecule has 94 valence electrons. The standard InChI is InChI=1S/C15H15ClFN/c1-18-15(9-11-5-3-2-4-6-11)13-8-7-12(16)10-14(13)17/h2-8,10,15,18H,9H2,1H3. The Bertz CT molecular complexity index is 513. The number of benzene rings is 2. The highest BCUT2D eigenvalue weighted by atomic mass is 35.5. The molecular weight excluding hydrogens is 249 g/mol. The van der Waals surface area contributed by atoms with Gasteiger partial charge in [-0.15, -0.1) is 0 Å². The van der Waals surface area contributed by atoms with Crippen molar-refractivity contribution in [3.63, 3.8) is 0 Å². The summed E-state index contributed by atoms with van der Waals surface area (Å²) in [6, 6.07) is 14.8. The van der Waals surface area contributed by atoms with Crippen molar-refractivity contribution in [1.82, 2.24) is 5.32 Å². The number of rotatable bonds is 4. The molecule has 0 aliphatic carbocycles. The van der Waals surface area contributed by atoms with Gasteiger partial charge in [-0.05, 0) is 31.2 Å². The minimum atomic E-state index is -0.266. The Morgan fingerprint density at radius 2 is 1.89 bits per heavy atom. The van der Waals surface area contributed by atoms with Crippen LogP contribution in [0.3, 0.4) is 0 Å². The molecule has 1 N–H and O–H groups in total. The minimum absolute atomic E-state index is 0.0512. The maximum Gasteiger partial charge on any atom is 0.129 e. The second kappa shape index (κ2) is 5.98. The van der Waals surface area contributed by atoms with E-state index >= 15 is 0 Å². The van der Waals surface area contributed by atoms with E-state index in [-0.39, 0.29) is 11.9 Å². The fourth-order valence-electron chi connectivity index (χ4n) is 2.00. The van der Waals surface area contributed by atoms with Crippen LogP contribution in [0, 0.1) is 5.82 Å². The molecule has 0 radical (unpaired) electrons. The molecule has 2 aromatic rings. The smallest absolute Gasteiger partial charge is 0.129 e. The molecule has 0 amide bonds. The first-order valence-electron chi connectivity index (χ1n) is 5.87. The normalized spacial score (nSPS) is 12.4. The molecule has 0 aliphatic rings. The Morgan fingerprint density at radius 3 is 2.50 bits per heavy atom. The zero-order valence-electron chi connectivity index (χ0n) is 10.2. The summed E-state index contributed by atoms with van der Waals surface area (Å²) in [5.74, 6) is -0.266. The van der Waals surface area contributed by atoms with Crippen molar-refractivity contribution in [2.45, 2.75) is 12.5 Å². The summed E-state index contributed by atoms with van der Waals surface area (Å²) < 4.78 is 13.9. The maximum atomic E-state index is 13.9. The zero-order chi connectivity index (χ0) is 13.0. The van der Waals surface area contributed by atoms with Gasteiger partial charge in [0.25, 0.3) is 0 Å². The molecule has 0 spiro atoms. The molecule has 18 heavy (non-hydrogen) atoms. The number of hydrogen-bond acceptors (Lipinski definition) is 1. The van der Waals surface area contributed by atoms with Crippen LogP contribution in [0.25, 0.3) is 0 Å². The van der Waals surface area contributed by atoms with E-state index in [1.807, 2.05) is 37.4 Å². The molecular formula is C15H15ClFN. The van der Waals surface area contributed by atoms with Gasteiger partial charge in [-0.3, -0.25) is 0 Å². The van der Waals surface area contributed by atoms with Crippen LogP contribution < -0.4 is 5.32 Å². The largest absolute Gasteiger partial charge is 0.313 e. The topological polar surface area (TPSA) is 12.0 Å². The second-order valence-corrected chi connectivity index (χ2v) is 4.63. The van der Waals surface area contributed by atoms with Crippen LogP contribution in [-0.4, -0.2) is 7.05 Å². The molecule has 0 aromatic heterocycles. The molecule has 0 saturated heterocycles. The number of likely N-dealkylation sites (N-methyl/N-ethyl adjacent to an activating group) is 1. The first-order chi connectivity index (χ1) is 8.70. The summed E-state index contributed by atoms with van der Waals surface area (Å²) in [6.07, 6.45) is 0.746. The fraction of sp³-hybridized carbons (Fsp3) is 0.200. The highest BCUT2D eigenvalue weighted by Gasteiger charge is 2.14. The second-order valence-electron chi connectivity index (χ2n) is 4.20. The van der Waals surface area contributed by atoms with Gasteiger partial charge in [0.05, 0.1) is 0 Å². The molecule has 2 rings (SSSR count). The predicted octanol–water partition coefficient (Wildman–Crippen LogP) is 3.98. The van der Waals surface area contributed by atoms with Crippen molar-refractivity contribution >= 4 is 11.6 Å². The van der Waals surface area contributed by atoms with Crippen molar-refractivity contribution < 1.29 is 4.39 Å². The van der Waals surface area contributed by atoms with Gasteiger partial charge < -0.3 is 5.32 Å². The Balaban J connectivity index is 2.23. The summed E-state index contributed by atoms with van der Waals surface area (Å²) in [7, 11) is 1.83. The highest BCUT2D eigenvalue weighted by Crippen LogP contribution is 2.23. The van der Waals surface area contributed by atoms with E-state index in [1.54, 1.807) is 12.1 Å². The summed E-state index contributed by atoms with van der Waals surface area (Å²) >= 11 is 5.76. The quantitative estimate of drug-likeness (QED) is 0.880. The van der Waals surface area contributed by atoms with Crippen molar-refractivity contribution in [2.75, 3.05) is 7.05 Å². The molecule has 0 aliphatic heterocycles. The van der Waals surface area contributed by atoms with Gasteiger partial charge in [0.15, 0.2) is 0 Å². The number of halogens is 2. The fourth-order valence-corrected chi connectivity index (χ4v) is 2.16. The molecule has 0 fully saturated rings. The highest BCUT2D eigenvalue weighted by molar-refractivity contribution is 6.30. The van der Waals surface area contributed by atoms with Gasteiger partial charge in [0.1, 0.15) is 5.82 Å². The molecule has 0 bridgehead atoms. The van der Waals surface area contributed by atoms with Gasteiger partial charge in [0.2, 0.25) is 0 Å².